The van der Waals surface area contributed by atoms with E-state index in [9.17, 15) is 9.18 Å². The highest BCUT2D eigenvalue weighted by atomic mass is 19.1. The number of aryl methyl sites for hydroxylation is 1. The number of carbonyl (C=O) groups excluding carboxylic acids is 1. The molecule has 0 saturated carbocycles. The van der Waals surface area contributed by atoms with Gasteiger partial charge in [-0.2, -0.15) is 0 Å². The monoisotopic (exact) mass is 527 g/mol. The minimum absolute atomic E-state index is 0.0138. The van der Waals surface area contributed by atoms with E-state index in [-0.39, 0.29) is 17.6 Å². The normalized spacial score (nSPS) is 15.2. The number of amides is 1. The minimum atomic E-state index is -0.274. The van der Waals surface area contributed by atoms with Crippen LogP contribution in [0.1, 0.15) is 42.1 Å². The van der Waals surface area contributed by atoms with Crippen molar-refractivity contribution < 1.29 is 18.7 Å². The quantitative estimate of drug-likeness (QED) is 0.161. The topological polar surface area (TPSA) is 56.6 Å². The lowest BCUT2D eigenvalue weighted by Gasteiger charge is -2.17. The van der Waals surface area contributed by atoms with Gasteiger partial charge in [-0.1, -0.05) is 36.4 Å². The van der Waals surface area contributed by atoms with Crippen LogP contribution in [0.2, 0.25) is 0 Å². The summed E-state index contributed by atoms with van der Waals surface area (Å²) >= 11 is 0. The van der Waals surface area contributed by atoms with Crippen LogP contribution < -0.4 is 9.47 Å². The van der Waals surface area contributed by atoms with Crippen molar-refractivity contribution in [3.8, 4) is 11.5 Å². The van der Waals surface area contributed by atoms with Crippen LogP contribution in [0.5, 0.6) is 11.5 Å². The SMILES string of the molecule is C=CCc1ccc(OCCCCn2c(C3CC(=O)N(Cc4ccc(F)cc4)C3)nc3ccccc32)c(OC)c1. The van der Waals surface area contributed by atoms with Crippen molar-refractivity contribution in [2.45, 2.75) is 44.7 Å². The van der Waals surface area contributed by atoms with E-state index in [0.29, 0.717) is 26.1 Å². The third-order valence-electron chi connectivity index (χ3n) is 7.19. The van der Waals surface area contributed by atoms with Crippen LogP contribution in [0, 0.1) is 5.82 Å². The van der Waals surface area contributed by atoms with Crippen molar-refractivity contribution in [1.82, 2.24) is 14.5 Å². The highest BCUT2D eigenvalue weighted by Gasteiger charge is 2.34. The molecular weight excluding hydrogens is 493 g/mol. The zero-order valence-electron chi connectivity index (χ0n) is 22.3. The summed E-state index contributed by atoms with van der Waals surface area (Å²) in [6.45, 7) is 6.24. The van der Waals surface area contributed by atoms with Gasteiger partial charge in [-0.05, 0) is 66.8 Å². The van der Waals surface area contributed by atoms with Gasteiger partial charge in [-0.3, -0.25) is 4.79 Å². The van der Waals surface area contributed by atoms with Crippen LogP contribution in [-0.2, 0) is 24.3 Å². The second-order valence-electron chi connectivity index (χ2n) is 9.95. The van der Waals surface area contributed by atoms with Gasteiger partial charge in [-0.25, -0.2) is 9.37 Å². The molecule has 1 aliphatic heterocycles. The van der Waals surface area contributed by atoms with Crippen molar-refractivity contribution >= 4 is 16.9 Å². The minimum Gasteiger partial charge on any atom is -0.493 e. The summed E-state index contributed by atoms with van der Waals surface area (Å²) in [6, 6.07) is 20.4. The number of aromatic nitrogens is 2. The molecule has 2 heterocycles. The molecule has 4 aromatic rings. The van der Waals surface area contributed by atoms with Crippen LogP contribution >= 0.6 is 0 Å². The Kier molecular flexibility index (Phi) is 8.25. The molecular formula is C32H34FN3O3. The van der Waals surface area contributed by atoms with E-state index in [1.54, 1.807) is 19.2 Å². The van der Waals surface area contributed by atoms with Crippen molar-refractivity contribution in [3.05, 3.63) is 102 Å². The van der Waals surface area contributed by atoms with E-state index >= 15 is 0 Å². The Morgan fingerprint density at radius 1 is 1.05 bits per heavy atom. The number of allylic oxidation sites excluding steroid dienone is 1. The Balaban J connectivity index is 1.23. The molecule has 1 aliphatic rings. The Labute approximate surface area is 228 Å². The van der Waals surface area contributed by atoms with E-state index in [1.807, 2.05) is 47.4 Å². The first-order valence-corrected chi connectivity index (χ1v) is 13.4. The number of likely N-dealkylation sites (tertiary alicyclic amines) is 1. The second kappa shape index (κ2) is 12.2. The van der Waals surface area contributed by atoms with Crippen molar-refractivity contribution in [2.75, 3.05) is 20.3 Å². The average Bonchev–Trinajstić information content (AvgIpc) is 3.50. The number of hydrogen-bond acceptors (Lipinski definition) is 4. The van der Waals surface area contributed by atoms with Crippen LogP contribution in [0.15, 0.2) is 79.4 Å². The molecule has 0 aliphatic carbocycles. The van der Waals surface area contributed by atoms with Crippen LogP contribution in [-0.4, -0.2) is 40.6 Å². The Bertz CT molecular complexity index is 1450. The smallest absolute Gasteiger partial charge is 0.223 e. The van der Waals surface area contributed by atoms with Crippen LogP contribution in [0.25, 0.3) is 11.0 Å². The third kappa shape index (κ3) is 6.14. The van der Waals surface area contributed by atoms with Crippen molar-refractivity contribution in [2.24, 2.45) is 0 Å². The van der Waals surface area contributed by atoms with E-state index < -0.39 is 0 Å². The predicted molar refractivity (Wildman–Crippen MR) is 151 cm³/mol. The third-order valence-corrected chi connectivity index (χ3v) is 7.19. The van der Waals surface area contributed by atoms with Gasteiger partial charge in [-0.15, -0.1) is 6.58 Å². The molecule has 1 atom stereocenters. The Morgan fingerprint density at radius 2 is 1.85 bits per heavy atom. The maximum atomic E-state index is 13.3. The lowest BCUT2D eigenvalue weighted by atomic mass is 10.1. The molecule has 7 heteroatoms. The highest BCUT2D eigenvalue weighted by Crippen LogP contribution is 2.32. The molecule has 1 amide bonds. The first-order valence-electron chi connectivity index (χ1n) is 13.4. The van der Waals surface area contributed by atoms with Crippen LogP contribution in [0.3, 0.4) is 0 Å². The van der Waals surface area contributed by atoms with E-state index in [1.165, 1.54) is 12.1 Å². The van der Waals surface area contributed by atoms with Gasteiger partial charge < -0.3 is 18.9 Å². The molecule has 39 heavy (non-hydrogen) atoms. The highest BCUT2D eigenvalue weighted by molar-refractivity contribution is 5.81. The first kappa shape index (κ1) is 26.5. The van der Waals surface area contributed by atoms with Gasteiger partial charge >= 0.3 is 0 Å². The number of halogens is 1. The summed E-state index contributed by atoms with van der Waals surface area (Å²) in [5.74, 6) is 2.26. The van der Waals surface area contributed by atoms with E-state index in [4.69, 9.17) is 14.5 Å². The standard InChI is InChI=1S/C32H34FN3O3/c1-3-8-23-13-16-29(30(19-23)38-2)39-18-7-6-17-36-28-10-5-4-9-27(28)34-32(36)25-20-31(37)35(22-25)21-24-11-14-26(33)15-12-24/h3-5,9-16,19,25H,1,6-8,17-18,20-22H2,2H3. The molecule has 1 fully saturated rings. The Hall–Kier alpha value is -4.13. The molecule has 0 N–H and O–H groups in total. The average molecular weight is 528 g/mol. The molecule has 1 aromatic heterocycles. The molecule has 1 unspecified atom stereocenters. The molecule has 0 bridgehead atoms. The number of methoxy groups -OCH3 is 1. The van der Waals surface area contributed by atoms with Gasteiger partial charge in [0.25, 0.3) is 0 Å². The van der Waals surface area contributed by atoms with Gasteiger partial charge in [0.2, 0.25) is 5.91 Å². The molecule has 0 spiro atoms. The second-order valence-corrected chi connectivity index (χ2v) is 9.95. The predicted octanol–water partition coefficient (Wildman–Crippen LogP) is 6.29. The van der Waals surface area contributed by atoms with Crippen molar-refractivity contribution in [3.63, 3.8) is 0 Å². The summed E-state index contributed by atoms with van der Waals surface area (Å²) in [6.07, 6.45) is 4.85. The molecule has 5 rings (SSSR count). The number of imidazole rings is 1. The molecule has 202 valence electrons. The summed E-state index contributed by atoms with van der Waals surface area (Å²) in [4.78, 5) is 19.7. The summed E-state index contributed by atoms with van der Waals surface area (Å²) in [7, 11) is 1.65. The maximum absolute atomic E-state index is 13.3. The molecule has 6 nitrogen and oxygen atoms in total. The zero-order valence-corrected chi connectivity index (χ0v) is 22.3. The number of rotatable bonds is 12. The number of unbranched alkanes of at least 4 members (excludes halogenated alkanes) is 1. The fourth-order valence-corrected chi connectivity index (χ4v) is 5.23. The van der Waals surface area contributed by atoms with E-state index in [2.05, 4.69) is 17.2 Å². The first-order chi connectivity index (χ1) is 19.1. The van der Waals surface area contributed by atoms with Gasteiger partial charge in [0.1, 0.15) is 11.6 Å². The summed E-state index contributed by atoms with van der Waals surface area (Å²) in [5, 5.41) is 0. The zero-order chi connectivity index (χ0) is 27.2. The number of benzene rings is 3. The number of nitrogens with zero attached hydrogens (tertiary/aromatic N) is 3. The van der Waals surface area contributed by atoms with Gasteiger partial charge in [0, 0.05) is 32.0 Å². The number of para-hydroxylation sites is 2. The molecule has 0 radical (unpaired) electrons. The summed E-state index contributed by atoms with van der Waals surface area (Å²) < 4.78 is 27.1. The largest absolute Gasteiger partial charge is 0.493 e. The fourth-order valence-electron chi connectivity index (χ4n) is 5.23. The molecule has 3 aromatic carbocycles. The molecule has 1 saturated heterocycles. The number of ether oxygens (including phenoxy) is 2. The fraction of sp³-hybridized carbons (Fsp3) is 0.312. The number of hydrogen-bond donors (Lipinski definition) is 0. The maximum Gasteiger partial charge on any atom is 0.223 e. The summed E-state index contributed by atoms with van der Waals surface area (Å²) in [5.41, 5.74) is 4.08. The van der Waals surface area contributed by atoms with Gasteiger partial charge in [0.05, 0.1) is 24.8 Å². The number of carbonyl (C=O) groups is 1. The van der Waals surface area contributed by atoms with Crippen LogP contribution in [0.4, 0.5) is 4.39 Å². The van der Waals surface area contributed by atoms with E-state index in [0.717, 1.165) is 65.3 Å². The number of fused-ring (bicyclic) bond motifs is 1. The van der Waals surface area contributed by atoms with Crippen molar-refractivity contribution in [1.29, 1.82) is 0 Å². The lowest BCUT2D eigenvalue weighted by molar-refractivity contribution is -0.128. The Morgan fingerprint density at radius 3 is 2.64 bits per heavy atom. The lowest BCUT2D eigenvalue weighted by Crippen LogP contribution is -2.24. The van der Waals surface area contributed by atoms with Gasteiger partial charge in [0.15, 0.2) is 11.5 Å².